The molecular weight excluding hydrogens is 372 g/mol. The molecule has 0 aliphatic rings. The molecule has 10 heteroatoms. The highest BCUT2D eigenvalue weighted by Crippen LogP contribution is 2.28. The van der Waals surface area contributed by atoms with Gasteiger partial charge < -0.3 is 19.8 Å². The van der Waals surface area contributed by atoms with E-state index in [-0.39, 0.29) is 18.1 Å². The monoisotopic (exact) mass is 384 g/mol. The number of nitrogens with one attached hydrogen (secondary N) is 2. The molecular formula is C17H13ClN6O3. The zero-order valence-electron chi connectivity index (χ0n) is 13.8. The largest absolute Gasteiger partial charge is 0.481 e. The highest BCUT2D eigenvalue weighted by Gasteiger charge is 2.16. The number of anilines is 1. The molecule has 4 aromatic heterocycles. The van der Waals surface area contributed by atoms with Crippen LogP contribution in [0.2, 0.25) is 5.15 Å². The Hall–Kier alpha value is -3.46. The number of fused-ring (bicyclic) bond motifs is 1. The van der Waals surface area contributed by atoms with Crippen molar-refractivity contribution >= 4 is 34.6 Å². The minimum atomic E-state index is -0.899. The first-order valence-electron chi connectivity index (χ1n) is 7.99. The van der Waals surface area contributed by atoms with E-state index in [0.29, 0.717) is 39.8 Å². The Morgan fingerprint density at radius 3 is 3.00 bits per heavy atom. The quantitative estimate of drug-likeness (QED) is 0.462. The van der Waals surface area contributed by atoms with Crippen molar-refractivity contribution in [3.8, 4) is 22.8 Å². The molecule has 0 unspecified atom stereocenters. The minimum Gasteiger partial charge on any atom is -0.481 e. The fourth-order valence-corrected chi connectivity index (χ4v) is 2.68. The number of carboxylic acids is 1. The standard InChI is InChI=1S/C17H13ClN6O3/c18-12-8-21-17-15(23-12)9(7-20-17)16-22-10(11-2-1-5-27-11)6-13(24-16)19-4-3-14(25)26/h1-2,5-8H,3-4H2,(H,20,21)(H,25,26)(H,19,22,24). The van der Waals surface area contributed by atoms with Gasteiger partial charge in [0, 0.05) is 18.8 Å². The van der Waals surface area contributed by atoms with E-state index in [2.05, 4.69) is 30.2 Å². The van der Waals surface area contributed by atoms with Crippen LogP contribution in [0.4, 0.5) is 5.82 Å². The van der Waals surface area contributed by atoms with Gasteiger partial charge in [-0.3, -0.25) is 4.79 Å². The van der Waals surface area contributed by atoms with Crippen molar-refractivity contribution in [2.45, 2.75) is 6.42 Å². The van der Waals surface area contributed by atoms with E-state index in [1.165, 1.54) is 6.20 Å². The van der Waals surface area contributed by atoms with E-state index in [9.17, 15) is 4.79 Å². The number of aromatic amines is 1. The lowest BCUT2D eigenvalue weighted by molar-refractivity contribution is -0.136. The lowest BCUT2D eigenvalue weighted by atomic mass is 10.2. The molecule has 136 valence electrons. The van der Waals surface area contributed by atoms with Gasteiger partial charge in [0.05, 0.1) is 24.4 Å². The van der Waals surface area contributed by atoms with E-state index in [4.69, 9.17) is 21.1 Å². The summed E-state index contributed by atoms with van der Waals surface area (Å²) in [6, 6.07) is 5.22. The van der Waals surface area contributed by atoms with Crippen molar-refractivity contribution in [2.24, 2.45) is 0 Å². The zero-order chi connectivity index (χ0) is 18.8. The lowest BCUT2D eigenvalue weighted by Crippen LogP contribution is -2.09. The number of carboxylic acid groups (broad SMARTS) is 1. The summed E-state index contributed by atoms with van der Waals surface area (Å²) < 4.78 is 5.43. The molecule has 0 atom stereocenters. The van der Waals surface area contributed by atoms with Crippen molar-refractivity contribution < 1.29 is 14.3 Å². The summed E-state index contributed by atoms with van der Waals surface area (Å²) in [7, 11) is 0. The van der Waals surface area contributed by atoms with Crippen LogP contribution in [-0.4, -0.2) is 42.5 Å². The number of furan rings is 1. The SMILES string of the molecule is O=C(O)CCNc1cc(-c2ccco2)nc(-c2c[nH]c3ncc(Cl)nc23)n1. The van der Waals surface area contributed by atoms with Crippen molar-refractivity contribution in [2.75, 3.05) is 11.9 Å². The van der Waals surface area contributed by atoms with Crippen LogP contribution >= 0.6 is 11.6 Å². The third kappa shape index (κ3) is 3.58. The summed E-state index contributed by atoms with van der Waals surface area (Å²) in [5, 5.41) is 12.1. The van der Waals surface area contributed by atoms with Crippen molar-refractivity contribution in [1.82, 2.24) is 24.9 Å². The maximum Gasteiger partial charge on any atom is 0.305 e. The number of H-pyrrole nitrogens is 1. The molecule has 0 spiro atoms. The van der Waals surface area contributed by atoms with Crippen LogP contribution in [-0.2, 0) is 4.79 Å². The molecule has 27 heavy (non-hydrogen) atoms. The Balaban J connectivity index is 1.79. The van der Waals surface area contributed by atoms with Gasteiger partial charge in [-0.05, 0) is 12.1 Å². The number of aromatic nitrogens is 5. The van der Waals surface area contributed by atoms with Gasteiger partial charge in [0.25, 0.3) is 0 Å². The van der Waals surface area contributed by atoms with Crippen LogP contribution in [0.1, 0.15) is 6.42 Å². The molecule has 9 nitrogen and oxygen atoms in total. The molecule has 0 aromatic carbocycles. The molecule has 0 radical (unpaired) electrons. The summed E-state index contributed by atoms with van der Waals surface area (Å²) in [5.74, 6) is 0.509. The molecule has 0 fully saturated rings. The zero-order valence-corrected chi connectivity index (χ0v) is 14.6. The summed E-state index contributed by atoms with van der Waals surface area (Å²) in [5.41, 5.74) is 2.26. The van der Waals surface area contributed by atoms with Crippen molar-refractivity contribution in [3.05, 3.63) is 42.0 Å². The summed E-state index contributed by atoms with van der Waals surface area (Å²) in [6.07, 6.45) is 4.65. The Labute approximate surface area is 157 Å². The van der Waals surface area contributed by atoms with Crippen LogP contribution < -0.4 is 5.32 Å². The second kappa shape index (κ2) is 7.04. The molecule has 0 aliphatic carbocycles. The summed E-state index contributed by atoms with van der Waals surface area (Å²) >= 11 is 5.97. The predicted molar refractivity (Wildman–Crippen MR) is 98.4 cm³/mol. The van der Waals surface area contributed by atoms with Crippen LogP contribution in [0, 0.1) is 0 Å². The number of aliphatic carboxylic acids is 1. The average Bonchev–Trinajstić information content (AvgIpc) is 3.31. The van der Waals surface area contributed by atoms with E-state index in [1.807, 2.05) is 0 Å². The molecule has 0 aliphatic heterocycles. The first-order valence-corrected chi connectivity index (χ1v) is 8.36. The summed E-state index contributed by atoms with van der Waals surface area (Å²) in [4.78, 5) is 31.3. The van der Waals surface area contributed by atoms with Gasteiger partial charge in [0.2, 0.25) is 0 Å². The van der Waals surface area contributed by atoms with Crippen molar-refractivity contribution in [3.63, 3.8) is 0 Å². The maximum absolute atomic E-state index is 10.8. The second-order valence-electron chi connectivity index (χ2n) is 5.60. The fourth-order valence-electron chi connectivity index (χ4n) is 2.55. The van der Waals surface area contributed by atoms with E-state index in [0.717, 1.165) is 0 Å². The van der Waals surface area contributed by atoms with Crippen LogP contribution in [0.5, 0.6) is 0 Å². The third-order valence-electron chi connectivity index (χ3n) is 3.74. The third-order valence-corrected chi connectivity index (χ3v) is 3.92. The van der Waals surface area contributed by atoms with Gasteiger partial charge in [0.1, 0.15) is 22.2 Å². The lowest BCUT2D eigenvalue weighted by Gasteiger charge is -2.08. The number of carbonyl (C=O) groups is 1. The average molecular weight is 385 g/mol. The molecule has 4 aromatic rings. The number of hydrogen-bond acceptors (Lipinski definition) is 7. The van der Waals surface area contributed by atoms with Gasteiger partial charge in [-0.15, -0.1) is 0 Å². The van der Waals surface area contributed by atoms with Crippen LogP contribution in [0.3, 0.4) is 0 Å². The van der Waals surface area contributed by atoms with Crippen LogP contribution in [0.15, 0.2) is 41.3 Å². The van der Waals surface area contributed by atoms with Gasteiger partial charge in [-0.2, -0.15) is 0 Å². The smallest absolute Gasteiger partial charge is 0.305 e. The molecule has 3 N–H and O–H groups in total. The first-order chi connectivity index (χ1) is 13.1. The van der Waals surface area contributed by atoms with Gasteiger partial charge in [-0.1, -0.05) is 11.6 Å². The number of rotatable bonds is 6. The topological polar surface area (TPSA) is 130 Å². The molecule has 4 heterocycles. The minimum absolute atomic E-state index is 0.0381. The Morgan fingerprint density at radius 2 is 2.22 bits per heavy atom. The predicted octanol–water partition coefficient (Wildman–Crippen LogP) is 3.21. The Kier molecular flexibility index (Phi) is 4.43. The van der Waals surface area contributed by atoms with E-state index in [1.54, 1.807) is 30.7 Å². The van der Waals surface area contributed by atoms with Crippen LogP contribution in [0.25, 0.3) is 34.0 Å². The number of nitrogens with zero attached hydrogens (tertiary/aromatic N) is 4. The molecule has 4 rings (SSSR count). The van der Waals surface area contributed by atoms with Crippen molar-refractivity contribution in [1.29, 1.82) is 0 Å². The van der Waals surface area contributed by atoms with Gasteiger partial charge in [0.15, 0.2) is 17.2 Å². The van der Waals surface area contributed by atoms with E-state index >= 15 is 0 Å². The molecule has 0 saturated carbocycles. The van der Waals surface area contributed by atoms with Gasteiger partial charge >= 0.3 is 5.97 Å². The first kappa shape index (κ1) is 17.0. The highest BCUT2D eigenvalue weighted by atomic mass is 35.5. The second-order valence-corrected chi connectivity index (χ2v) is 5.99. The maximum atomic E-state index is 10.8. The number of halogens is 1. The Bertz CT molecular complexity index is 1110. The summed E-state index contributed by atoms with van der Waals surface area (Å²) in [6.45, 7) is 0.225. The molecule has 0 bridgehead atoms. The van der Waals surface area contributed by atoms with Gasteiger partial charge in [-0.25, -0.2) is 19.9 Å². The molecule has 0 saturated heterocycles. The fraction of sp³-hybridized carbons (Fsp3) is 0.118. The normalized spacial score (nSPS) is 11.0. The Morgan fingerprint density at radius 1 is 1.33 bits per heavy atom. The molecule has 0 amide bonds. The van der Waals surface area contributed by atoms with E-state index < -0.39 is 5.97 Å². The number of hydrogen-bond donors (Lipinski definition) is 3. The highest BCUT2D eigenvalue weighted by molar-refractivity contribution is 6.29.